The van der Waals surface area contributed by atoms with Crippen LogP contribution in [0, 0.1) is 0 Å². The van der Waals surface area contributed by atoms with E-state index in [1.165, 1.54) is 0 Å². The maximum Gasteiger partial charge on any atom is 0.337 e. The number of hydrogen-bond acceptors (Lipinski definition) is 3. The first kappa shape index (κ1) is 15.0. The van der Waals surface area contributed by atoms with Crippen LogP contribution in [0.15, 0.2) is 36.4 Å². The summed E-state index contributed by atoms with van der Waals surface area (Å²) in [6.45, 7) is 0.497. The van der Waals surface area contributed by atoms with E-state index in [4.69, 9.17) is 4.74 Å². The maximum atomic E-state index is 11.8. The summed E-state index contributed by atoms with van der Waals surface area (Å²) in [5, 5.41) is 13.7. The fraction of sp³-hybridized carbons (Fsp3) is 0.250. The number of benzene rings is 2. The van der Waals surface area contributed by atoms with Gasteiger partial charge in [0.05, 0.1) is 11.3 Å². The highest BCUT2D eigenvalue weighted by Gasteiger charge is 2.13. The van der Waals surface area contributed by atoms with Crippen molar-refractivity contribution in [1.82, 2.24) is 0 Å². The first-order valence-corrected chi connectivity index (χ1v) is 6.66. The number of amides is 1. The molecule has 1 amide bonds. The van der Waals surface area contributed by atoms with Crippen LogP contribution in [0.5, 0.6) is 0 Å². The van der Waals surface area contributed by atoms with Gasteiger partial charge in [-0.05, 0) is 29.3 Å². The second-order valence-corrected chi connectivity index (χ2v) is 4.69. The number of fused-ring (bicyclic) bond motifs is 1. The van der Waals surface area contributed by atoms with Crippen molar-refractivity contribution in [3.05, 3.63) is 42.0 Å². The minimum Gasteiger partial charge on any atom is -0.478 e. The first-order valence-electron chi connectivity index (χ1n) is 6.66. The molecule has 0 radical (unpaired) electrons. The molecule has 2 N–H and O–H groups in total. The molecule has 5 heteroatoms. The van der Waals surface area contributed by atoms with Crippen LogP contribution in [0.1, 0.15) is 23.2 Å². The van der Waals surface area contributed by atoms with E-state index < -0.39 is 5.97 Å². The quantitative estimate of drug-likeness (QED) is 0.801. The molecule has 0 heterocycles. The van der Waals surface area contributed by atoms with Gasteiger partial charge in [0.15, 0.2) is 0 Å². The topological polar surface area (TPSA) is 75.6 Å². The molecule has 0 aliphatic carbocycles. The van der Waals surface area contributed by atoms with E-state index in [0.29, 0.717) is 25.1 Å². The van der Waals surface area contributed by atoms with Crippen molar-refractivity contribution in [2.45, 2.75) is 12.8 Å². The fourth-order valence-electron chi connectivity index (χ4n) is 2.11. The Morgan fingerprint density at radius 1 is 1.19 bits per heavy atom. The van der Waals surface area contributed by atoms with Crippen LogP contribution >= 0.6 is 0 Å². The predicted octanol–water partition coefficient (Wildman–Crippen LogP) is 2.90. The Morgan fingerprint density at radius 2 is 1.86 bits per heavy atom. The molecule has 0 atom stereocenters. The second kappa shape index (κ2) is 6.85. The highest BCUT2D eigenvalue weighted by Crippen LogP contribution is 2.24. The van der Waals surface area contributed by atoms with E-state index in [9.17, 15) is 14.7 Å². The number of hydrogen-bond donors (Lipinski definition) is 2. The molecule has 0 fully saturated rings. The molecule has 2 aromatic rings. The highest BCUT2D eigenvalue weighted by molar-refractivity contribution is 6.05. The van der Waals surface area contributed by atoms with Gasteiger partial charge in [-0.3, -0.25) is 4.79 Å². The molecule has 0 bridgehead atoms. The van der Waals surface area contributed by atoms with Gasteiger partial charge in [0, 0.05) is 20.1 Å². The molecule has 0 unspecified atom stereocenters. The van der Waals surface area contributed by atoms with Crippen molar-refractivity contribution in [2.75, 3.05) is 19.0 Å². The minimum atomic E-state index is -1.06. The molecule has 21 heavy (non-hydrogen) atoms. The SMILES string of the molecule is COCCCC(=O)Nc1cc2ccccc2cc1C(=O)O. The van der Waals surface area contributed by atoms with Gasteiger partial charge in [0.25, 0.3) is 0 Å². The molecule has 0 aromatic heterocycles. The number of rotatable bonds is 6. The summed E-state index contributed by atoms with van der Waals surface area (Å²) in [6.07, 6.45) is 0.887. The second-order valence-electron chi connectivity index (χ2n) is 4.69. The van der Waals surface area contributed by atoms with Gasteiger partial charge in [-0.15, -0.1) is 0 Å². The van der Waals surface area contributed by atoms with Gasteiger partial charge in [-0.1, -0.05) is 24.3 Å². The predicted molar refractivity (Wildman–Crippen MR) is 80.6 cm³/mol. The molecule has 0 aliphatic heterocycles. The zero-order valence-corrected chi connectivity index (χ0v) is 11.8. The Bertz CT molecular complexity index is 666. The summed E-state index contributed by atoms with van der Waals surface area (Å²) in [6, 6.07) is 10.7. The number of carboxylic acids is 1. The molecule has 0 saturated heterocycles. The summed E-state index contributed by atoms with van der Waals surface area (Å²) in [5.74, 6) is -1.28. The molecule has 0 spiro atoms. The first-order chi connectivity index (χ1) is 10.1. The molecule has 0 aliphatic rings. The van der Waals surface area contributed by atoms with Crippen LogP contribution in [0.3, 0.4) is 0 Å². The van der Waals surface area contributed by atoms with E-state index in [1.807, 2.05) is 24.3 Å². The Hall–Kier alpha value is -2.40. The van der Waals surface area contributed by atoms with E-state index in [1.54, 1.807) is 19.2 Å². The summed E-state index contributed by atoms with van der Waals surface area (Å²) < 4.78 is 4.89. The van der Waals surface area contributed by atoms with Crippen LogP contribution < -0.4 is 5.32 Å². The number of carbonyl (C=O) groups is 2. The minimum absolute atomic E-state index is 0.0915. The lowest BCUT2D eigenvalue weighted by molar-refractivity contribution is -0.116. The molecular weight excluding hydrogens is 270 g/mol. The summed E-state index contributed by atoms with van der Waals surface area (Å²) in [7, 11) is 1.57. The number of methoxy groups -OCH3 is 1. The number of carbonyl (C=O) groups excluding carboxylic acids is 1. The van der Waals surface area contributed by atoms with E-state index in [-0.39, 0.29) is 11.5 Å². The van der Waals surface area contributed by atoms with E-state index in [2.05, 4.69) is 5.32 Å². The van der Waals surface area contributed by atoms with E-state index >= 15 is 0 Å². The average molecular weight is 287 g/mol. The number of anilines is 1. The van der Waals surface area contributed by atoms with Crippen molar-refractivity contribution < 1.29 is 19.4 Å². The van der Waals surface area contributed by atoms with Gasteiger partial charge in [0.1, 0.15) is 0 Å². The van der Waals surface area contributed by atoms with Crippen LogP contribution in [0.2, 0.25) is 0 Å². The Labute approximate surface area is 122 Å². The average Bonchev–Trinajstić information content (AvgIpc) is 2.46. The number of ether oxygens (including phenoxy) is 1. The van der Waals surface area contributed by atoms with E-state index in [0.717, 1.165) is 10.8 Å². The van der Waals surface area contributed by atoms with Crippen molar-refractivity contribution in [2.24, 2.45) is 0 Å². The Balaban J connectivity index is 2.26. The molecule has 110 valence electrons. The zero-order chi connectivity index (χ0) is 15.2. The summed E-state index contributed by atoms with van der Waals surface area (Å²) in [4.78, 5) is 23.2. The largest absolute Gasteiger partial charge is 0.478 e. The fourth-order valence-corrected chi connectivity index (χ4v) is 2.11. The third-order valence-electron chi connectivity index (χ3n) is 3.14. The molecular formula is C16H17NO4. The molecule has 5 nitrogen and oxygen atoms in total. The van der Waals surface area contributed by atoms with Crippen LogP contribution in [0.25, 0.3) is 10.8 Å². The third kappa shape index (κ3) is 3.79. The van der Waals surface area contributed by atoms with Crippen LogP contribution in [-0.4, -0.2) is 30.7 Å². The van der Waals surface area contributed by atoms with Gasteiger partial charge in [-0.25, -0.2) is 4.79 Å². The number of carboxylic acid groups (broad SMARTS) is 1. The van der Waals surface area contributed by atoms with Crippen LogP contribution in [-0.2, 0) is 9.53 Å². The van der Waals surface area contributed by atoms with Crippen LogP contribution in [0.4, 0.5) is 5.69 Å². The number of nitrogens with one attached hydrogen (secondary N) is 1. The number of aromatic carboxylic acids is 1. The Kier molecular flexibility index (Phi) is 4.90. The van der Waals surface area contributed by atoms with Gasteiger partial charge >= 0.3 is 5.97 Å². The van der Waals surface area contributed by atoms with Gasteiger partial charge < -0.3 is 15.2 Å². The monoisotopic (exact) mass is 287 g/mol. The van der Waals surface area contributed by atoms with Crippen molar-refractivity contribution in [3.63, 3.8) is 0 Å². The molecule has 0 saturated carbocycles. The van der Waals surface area contributed by atoms with Gasteiger partial charge in [-0.2, -0.15) is 0 Å². The van der Waals surface area contributed by atoms with Gasteiger partial charge in [0.2, 0.25) is 5.91 Å². The van der Waals surface area contributed by atoms with Crippen molar-refractivity contribution >= 4 is 28.3 Å². The van der Waals surface area contributed by atoms with Crippen molar-refractivity contribution in [3.8, 4) is 0 Å². The lowest BCUT2D eigenvalue weighted by atomic mass is 10.0. The Morgan fingerprint density at radius 3 is 2.48 bits per heavy atom. The molecule has 2 aromatic carbocycles. The smallest absolute Gasteiger partial charge is 0.337 e. The highest BCUT2D eigenvalue weighted by atomic mass is 16.5. The third-order valence-corrected chi connectivity index (χ3v) is 3.14. The summed E-state index contributed by atoms with van der Waals surface area (Å²) >= 11 is 0. The summed E-state index contributed by atoms with van der Waals surface area (Å²) in [5.41, 5.74) is 0.414. The normalized spacial score (nSPS) is 10.5. The standard InChI is InChI=1S/C16H17NO4/c1-21-8-4-7-15(18)17-14-10-12-6-3-2-5-11(12)9-13(14)16(19)20/h2-3,5-6,9-10H,4,7-8H2,1H3,(H,17,18)(H,19,20). The van der Waals surface area contributed by atoms with Crippen molar-refractivity contribution in [1.29, 1.82) is 0 Å². The maximum absolute atomic E-state index is 11.8. The lowest BCUT2D eigenvalue weighted by Gasteiger charge is -2.10. The molecule has 2 rings (SSSR count). The zero-order valence-electron chi connectivity index (χ0n) is 11.8. The lowest BCUT2D eigenvalue weighted by Crippen LogP contribution is -2.15.